The van der Waals surface area contributed by atoms with Crippen LogP contribution in [0.15, 0.2) is 35.3 Å². The minimum atomic E-state index is -0.672. The van der Waals surface area contributed by atoms with Crippen molar-refractivity contribution in [2.45, 2.75) is 44.6 Å². The van der Waals surface area contributed by atoms with Gasteiger partial charge < -0.3 is 16.2 Å². The van der Waals surface area contributed by atoms with Gasteiger partial charge in [0.05, 0.1) is 12.1 Å². The Morgan fingerprint density at radius 1 is 1.35 bits per heavy atom. The molecule has 0 aromatic heterocycles. The maximum absolute atomic E-state index is 10.5. The first-order valence-electron chi connectivity index (χ1n) is 7.46. The number of guanidine groups is 1. The van der Waals surface area contributed by atoms with Crippen molar-refractivity contribution in [2.24, 2.45) is 16.6 Å². The Morgan fingerprint density at radius 2 is 2.00 bits per heavy atom. The predicted molar refractivity (Wildman–Crippen MR) is 83.8 cm³/mol. The van der Waals surface area contributed by atoms with E-state index >= 15 is 0 Å². The molecule has 110 valence electrons. The van der Waals surface area contributed by atoms with Gasteiger partial charge in [-0.05, 0) is 43.7 Å². The molecule has 0 amide bonds. The number of hydrogen-bond donors (Lipinski definition) is 3. The van der Waals surface area contributed by atoms with Crippen LogP contribution in [0.3, 0.4) is 0 Å². The summed E-state index contributed by atoms with van der Waals surface area (Å²) in [5, 5.41) is 13.5. The van der Waals surface area contributed by atoms with Crippen LogP contribution in [0.1, 0.15) is 39.0 Å². The van der Waals surface area contributed by atoms with E-state index < -0.39 is 5.60 Å². The summed E-state index contributed by atoms with van der Waals surface area (Å²) in [4.78, 5) is 4.30. The lowest BCUT2D eigenvalue weighted by atomic mass is 9.78. The molecule has 0 heterocycles. The second kappa shape index (κ2) is 6.75. The third-order valence-corrected chi connectivity index (χ3v) is 4.20. The number of aliphatic imine (C=N–C) groups is 1. The molecule has 0 atom stereocenters. The summed E-state index contributed by atoms with van der Waals surface area (Å²) < 4.78 is 0. The first kappa shape index (κ1) is 14.9. The molecule has 0 spiro atoms. The van der Waals surface area contributed by atoms with Gasteiger partial charge in [-0.2, -0.15) is 0 Å². The van der Waals surface area contributed by atoms with Crippen molar-refractivity contribution < 1.29 is 5.11 Å². The van der Waals surface area contributed by atoms with E-state index in [-0.39, 0.29) is 0 Å². The van der Waals surface area contributed by atoms with Crippen molar-refractivity contribution in [2.75, 3.05) is 11.9 Å². The minimum absolute atomic E-state index is 0.363. The predicted octanol–water partition coefficient (Wildman–Crippen LogP) is 2.74. The summed E-state index contributed by atoms with van der Waals surface area (Å²) in [5.41, 5.74) is 6.10. The van der Waals surface area contributed by atoms with Gasteiger partial charge in [0.2, 0.25) is 0 Å². The van der Waals surface area contributed by atoms with E-state index in [1.165, 1.54) is 6.42 Å². The van der Waals surface area contributed by atoms with Gasteiger partial charge in [0.1, 0.15) is 0 Å². The molecular formula is C16H25N3O. The zero-order chi connectivity index (χ0) is 14.4. The van der Waals surface area contributed by atoms with Gasteiger partial charge in [-0.1, -0.05) is 31.5 Å². The Labute approximate surface area is 121 Å². The van der Waals surface area contributed by atoms with Crippen molar-refractivity contribution >= 4 is 11.6 Å². The smallest absolute Gasteiger partial charge is 0.193 e. The lowest BCUT2D eigenvalue weighted by molar-refractivity contribution is -0.000926. The summed E-state index contributed by atoms with van der Waals surface area (Å²) in [7, 11) is 0. The average molecular weight is 275 g/mol. The van der Waals surface area contributed by atoms with Gasteiger partial charge in [0.25, 0.3) is 0 Å². The Hall–Kier alpha value is -1.55. The maximum Gasteiger partial charge on any atom is 0.193 e. The van der Waals surface area contributed by atoms with Crippen molar-refractivity contribution in [3.63, 3.8) is 0 Å². The maximum atomic E-state index is 10.5. The molecule has 2 rings (SSSR count). The number of nitrogens with two attached hydrogens (primary N) is 1. The fourth-order valence-electron chi connectivity index (χ4n) is 2.72. The highest BCUT2D eigenvalue weighted by molar-refractivity contribution is 5.92. The second-order valence-electron chi connectivity index (χ2n) is 5.77. The van der Waals surface area contributed by atoms with E-state index in [1.54, 1.807) is 0 Å². The van der Waals surface area contributed by atoms with Crippen molar-refractivity contribution in [3.05, 3.63) is 30.3 Å². The third-order valence-electron chi connectivity index (χ3n) is 4.20. The van der Waals surface area contributed by atoms with Crippen molar-refractivity contribution in [3.8, 4) is 0 Å². The number of aliphatic hydroxyl groups is 1. The normalized spacial score (nSPS) is 27.3. The molecule has 0 unspecified atom stereocenters. The molecule has 4 N–H and O–H groups in total. The summed E-state index contributed by atoms with van der Waals surface area (Å²) in [6.45, 7) is 2.60. The highest BCUT2D eigenvalue weighted by atomic mass is 16.3. The van der Waals surface area contributed by atoms with E-state index in [2.05, 4.69) is 17.2 Å². The molecule has 1 aliphatic carbocycles. The molecular weight excluding hydrogens is 250 g/mol. The summed E-state index contributed by atoms with van der Waals surface area (Å²) in [6, 6.07) is 9.70. The van der Waals surface area contributed by atoms with E-state index in [0.29, 0.717) is 12.5 Å². The molecule has 1 aromatic carbocycles. The summed E-state index contributed by atoms with van der Waals surface area (Å²) in [6.07, 6.45) is 5.04. The number of nitrogens with one attached hydrogen (secondary N) is 1. The van der Waals surface area contributed by atoms with Crippen molar-refractivity contribution in [1.82, 2.24) is 0 Å². The molecule has 0 radical (unpaired) electrons. The molecule has 0 bridgehead atoms. The van der Waals surface area contributed by atoms with Gasteiger partial charge in [-0.25, -0.2) is 0 Å². The number of rotatable bonds is 4. The lowest BCUT2D eigenvalue weighted by Crippen LogP contribution is -2.38. The van der Waals surface area contributed by atoms with Crippen LogP contribution in [0.25, 0.3) is 0 Å². The van der Waals surface area contributed by atoms with Gasteiger partial charge >= 0.3 is 0 Å². The Bertz CT molecular complexity index is 436. The van der Waals surface area contributed by atoms with Crippen LogP contribution >= 0.6 is 0 Å². The van der Waals surface area contributed by atoms with Crippen LogP contribution in [-0.2, 0) is 0 Å². The fourth-order valence-corrected chi connectivity index (χ4v) is 2.72. The van der Waals surface area contributed by atoms with Crippen LogP contribution in [0.5, 0.6) is 0 Å². The van der Waals surface area contributed by atoms with Crippen LogP contribution in [-0.4, -0.2) is 23.2 Å². The molecule has 1 fully saturated rings. The first-order valence-corrected chi connectivity index (χ1v) is 7.46. The summed E-state index contributed by atoms with van der Waals surface area (Å²) >= 11 is 0. The standard InChI is InChI=1S/C16H25N3O/c1-2-13-8-10-16(20,11-9-13)12-18-15(17)19-14-6-4-3-5-7-14/h3-7,13,20H,2,8-12H2,1H3,(H3,17,18,19). The first-order chi connectivity index (χ1) is 9.61. The Morgan fingerprint density at radius 3 is 2.60 bits per heavy atom. The monoisotopic (exact) mass is 275 g/mol. The molecule has 4 heteroatoms. The number of anilines is 1. The molecule has 1 saturated carbocycles. The Balaban J connectivity index is 1.85. The van der Waals surface area contributed by atoms with Gasteiger partial charge in [0, 0.05) is 5.69 Å². The largest absolute Gasteiger partial charge is 0.388 e. The lowest BCUT2D eigenvalue weighted by Gasteiger charge is -2.34. The molecule has 20 heavy (non-hydrogen) atoms. The quantitative estimate of drug-likeness (QED) is 0.584. The van der Waals surface area contributed by atoms with E-state index in [1.807, 2.05) is 30.3 Å². The van der Waals surface area contributed by atoms with Gasteiger partial charge in [-0.15, -0.1) is 0 Å². The van der Waals surface area contributed by atoms with Crippen LogP contribution in [0.4, 0.5) is 5.69 Å². The van der Waals surface area contributed by atoms with E-state index in [4.69, 9.17) is 5.73 Å². The van der Waals surface area contributed by atoms with Gasteiger partial charge in [0.15, 0.2) is 5.96 Å². The Kier molecular flexibility index (Phi) is 5.01. The topological polar surface area (TPSA) is 70.6 Å². The zero-order valence-corrected chi connectivity index (χ0v) is 12.2. The molecule has 4 nitrogen and oxygen atoms in total. The summed E-state index contributed by atoms with van der Waals surface area (Å²) in [5.74, 6) is 1.13. The minimum Gasteiger partial charge on any atom is -0.388 e. The SMILES string of the molecule is CCC1CCC(O)(CN=C(N)Nc2ccccc2)CC1. The number of nitrogens with zero attached hydrogens (tertiary/aromatic N) is 1. The zero-order valence-electron chi connectivity index (χ0n) is 12.2. The number of benzene rings is 1. The third kappa shape index (κ3) is 4.23. The molecule has 0 aliphatic heterocycles. The number of hydrogen-bond acceptors (Lipinski definition) is 2. The van der Waals surface area contributed by atoms with Crippen LogP contribution < -0.4 is 11.1 Å². The average Bonchev–Trinajstić information content (AvgIpc) is 2.47. The van der Waals surface area contributed by atoms with E-state index in [0.717, 1.165) is 37.3 Å². The highest BCUT2D eigenvalue weighted by Gasteiger charge is 2.32. The van der Waals surface area contributed by atoms with Crippen LogP contribution in [0, 0.1) is 5.92 Å². The molecule has 1 aliphatic rings. The van der Waals surface area contributed by atoms with Crippen molar-refractivity contribution in [1.29, 1.82) is 0 Å². The molecule has 1 aromatic rings. The second-order valence-corrected chi connectivity index (χ2v) is 5.77. The van der Waals surface area contributed by atoms with E-state index in [9.17, 15) is 5.11 Å². The highest BCUT2D eigenvalue weighted by Crippen LogP contribution is 2.33. The number of para-hydroxylation sites is 1. The fraction of sp³-hybridized carbons (Fsp3) is 0.562. The molecule has 0 saturated heterocycles. The van der Waals surface area contributed by atoms with Crippen LogP contribution in [0.2, 0.25) is 0 Å². The van der Waals surface area contributed by atoms with Gasteiger partial charge in [-0.3, -0.25) is 4.99 Å².